The van der Waals surface area contributed by atoms with Crippen LogP contribution in [-0.2, 0) is 9.59 Å². The van der Waals surface area contributed by atoms with E-state index >= 15 is 0 Å². The second-order valence-electron chi connectivity index (χ2n) is 5.76. The second-order valence-corrected chi connectivity index (χ2v) is 6.76. The summed E-state index contributed by atoms with van der Waals surface area (Å²) in [4.78, 5) is 38.2. The van der Waals surface area contributed by atoms with Crippen molar-refractivity contribution < 1.29 is 23.9 Å². The van der Waals surface area contributed by atoms with Crippen LogP contribution in [-0.4, -0.2) is 42.7 Å². The van der Waals surface area contributed by atoms with Gasteiger partial charge in [-0.3, -0.25) is 19.3 Å². The number of hydrogen-bond acceptors (Lipinski definition) is 6. The minimum absolute atomic E-state index is 0.212. The molecule has 2 aromatic rings. The van der Waals surface area contributed by atoms with E-state index in [9.17, 15) is 14.4 Å². The Kier molecular flexibility index (Phi) is 6.00. The van der Waals surface area contributed by atoms with Crippen molar-refractivity contribution in [2.24, 2.45) is 0 Å². The topological polar surface area (TPSA) is 84.9 Å². The van der Waals surface area contributed by atoms with Crippen LogP contribution < -0.4 is 14.8 Å². The van der Waals surface area contributed by atoms with E-state index in [1.807, 2.05) is 6.07 Å². The van der Waals surface area contributed by atoms with Crippen molar-refractivity contribution in [1.82, 2.24) is 4.90 Å². The molecule has 7 nitrogen and oxygen atoms in total. The minimum Gasteiger partial charge on any atom is -0.493 e. The molecule has 1 heterocycles. The molecule has 3 rings (SSSR count). The number of rotatable bonds is 6. The van der Waals surface area contributed by atoms with Crippen LogP contribution >= 0.6 is 11.8 Å². The normalized spacial score (nSPS) is 15.1. The van der Waals surface area contributed by atoms with E-state index in [0.29, 0.717) is 22.7 Å². The Morgan fingerprint density at radius 1 is 1.07 bits per heavy atom. The van der Waals surface area contributed by atoms with Crippen molar-refractivity contribution in [3.05, 3.63) is 59.0 Å². The van der Waals surface area contributed by atoms with Gasteiger partial charge in [0.05, 0.1) is 19.1 Å². The molecule has 1 N–H and O–H groups in total. The Hall–Kier alpha value is -3.26. The van der Waals surface area contributed by atoms with Crippen LogP contribution in [0.5, 0.6) is 11.5 Å². The number of para-hydroxylation sites is 2. The average Bonchev–Trinajstić information content (AvgIpc) is 2.95. The summed E-state index contributed by atoms with van der Waals surface area (Å²) in [6, 6.07) is 14.1. The molecule has 0 radical (unpaired) electrons. The van der Waals surface area contributed by atoms with Gasteiger partial charge in [0, 0.05) is 11.3 Å². The van der Waals surface area contributed by atoms with E-state index in [0.717, 1.165) is 16.7 Å². The summed E-state index contributed by atoms with van der Waals surface area (Å²) in [5.74, 6) is -0.00636. The fourth-order valence-electron chi connectivity index (χ4n) is 2.67. The van der Waals surface area contributed by atoms with Crippen LogP contribution in [0.3, 0.4) is 0 Å². The Morgan fingerprint density at radius 2 is 1.82 bits per heavy atom. The van der Waals surface area contributed by atoms with Crippen LogP contribution in [0.25, 0.3) is 6.08 Å². The fourth-order valence-corrected chi connectivity index (χ4v) is 3.50. The molecule has 1 saturated heterocycles. The molecule has 0 unspecified atom stereocenters. The zero-order valence-corrected chi connectivity index (χ0v) is 16.1. The highest BCUT2D eigenvalue weighted by Crippen LogP contribution is 2.37. The van der Waals surface area contributed by atoms with Crippen molar-refractivity contribution in [2.45, 2.75) is 0 Å². The van der Waals surface area contributed by atoms with Gasteiger partial charge in [0.25, 0.3) is 11.1 Å². The zero-order chi connectivity index (χ0) is 20.1. The number of thioether (sulfide) groups is 1. The molecule has 0 saturated carbocycles. The monoisotopic (exact) mass is 398 g/mol. The lowest BCUT2D eigenvalue weighted by molar-refractivity contribution is -0.127. The van der Waals surface area contributed by atoms with Crippen molar-refractivity contribution in [1.29, 1.82) is 0 Å². The summed E-state index contributed by atoms with van der Waals surface area (Å²) in [6.45, 7) is -0.355. The molecule has 0 bridgehead atoms. The molecular weight excluding hydrogens is 380 g/mol. The van der Waals surface area contributed by atoms with Crippen molar-refractivity contribution in [2.75, 3.05) is 26.1 Å². The van der Waals surface area contributed by atoms with Crippen LogP contribution in [0.1, 0.15) is 5.56 Å². The summed E-state index contributed by atoms with van der Waals surface area (Å²) in [5, 5.41) is 2.16. The lowest BCUT2D eigenvalue weighted by Crippen LogP contribution is -2.36. The number of anilines is 1. The van der Waals surface area contributed by atoms with Crippen LogP contribution in [0.15, 0.2) is 53.4 Å². The number of carbonyl (C=O) groups excluding carboxylic acids is 3. The lowest BCUT2D eigenvalue weighted by Gasteiger charge is -2.12. The molecule has 0 aromatic heterocycles. The first kappa shape index (κ1) is 19.5. The maximum Gasteiger partial charge on any atom is 0.294 e. The first-order chi connectivity index (χ1) is 13.5. The van der Waals surface area contributed by atoms with Crippen LogP contribution in [0.2, 0.25) is 0 Å². The third-order valence-electron chi connectivity index (χ3n) is 3.95. The maximum atomic E-state index is 12.6. The third-order valence-corrected chi connectivity index (χ3v) is 4.86. The van der Waals surface area contributed by atoms with E-state index in [2.05, 4.69) is 5.32 Å². The standard InChI is InChI=1S/C20H18N2O5S/c1-26-15-10-6-7-13(18(15)27-2)11-16-19(24)22(20(25)28-16)12-17(23)21-14-8-4-3-5-9-14/h3-11H,12H2,1-2H3,(H,21,23)/b16-11+. The average molecular weight is 398 g/mol. The van der Waals surface area contributed by atoms with Gasteiger partial charge in [-0.05, 0) is 36.0 Å². The molecule has 1 aliphatic rings. The Labute approximate surface area is 166 Å². The molecular formula is C20H18N2O5S. The predicted octanol–water partition coefficient (Wildman–Crippen LogP) is 3.38. The first-order valence-electron chi connectivity index (χ1n) is 8.34. The summed E-state index contributed by atoms with van der Waals surface area (Å²) >= 11 is 0.780. The van der Waals surface area contributed by atoms with E-state index in [4.69, 9.17) is 9.47 Å². The molecule has 8 heteroatoms. The Bertz CT molecular complexity index is 943. The Morgan fingerprint density at radius 3 is 2.50 bits per heavy atom. The second kappa shape index (κ2) is 8.62. The van der Waals surface area contributed by atoms with E-state index in [1.54, 1.807) is 48.5 Å². The highest BCUT2D eigenvalue weighted by Gasteiger charge is 2.36. The van der Waals surface area contributed by atoms with Gasteiger partial charge in [0.1, 0.15) is 6.54 Å². The number of nitrogens with one attached hydrogen (secondary N) is 1. The zero-order valence-electron chi connectivity index (χ0n) is 15.3. The molecule has 144 valence electrons. The van der Waals surface area contributed by atoms with Gasteiger partial charge in [0.15, 0.2) is 11.5 Å². The lowest BCUT2D eigenvalue weighted by atomic mass is 10.1. The summed E-state index contributed by atoms with van der Waals surface area (Å²) < 4.78 is 10.6. The largest absolute Gasteiger partial charge is 0.493 e. The SMILES string of the molecule is COc1cccc(/C=C2/SC(=O)N(CC(=O)Nc3ccccc3)C2=O)c1OC. The quantitative estimate of drug-likeness (QED) is 0.751. The maximum absolute atomic E-state index is 12.6. The van der Waals surface area contributed by atoms with Crippen molar-refractivity contribution in [3.8, 4) is 11.5 Å². The minimum atomic E-state index is -0.525. The molecule has 0 spiro atoms. The molecule has 2 aromatic carbocycles. The fraction of sp³-hybridized carbons (Fsp3) is 0.150. The van der Waals surface area contributed by atoms with E-state index in [-0.39, 0.29) is 11.4 Å². The predicted molar refractivity (Wildman–Crippen MR) is 107 cm³/mol. The van der Waals surface area contributed by atoms with Crippen molar-refractivity contribution in [3.63, 3.8) is 0 Å². The molecule has 3 amide bonds. The Balaban J connectivity index is 1.77. The van der Waals surface area contributed by atoms with Crippen molar-refractivity contribution >= 4 is 40.6 Å². The smallest absolute Gasteiger partial charge is 0.294 e. The highest BCUT2D eigenvalue weighted by atomic mass is 32.2. The molecule has 1 fully saturated rings. The van der Waals surface area contributed by atoms with Gasteiger partial charge in [0.2, 0.25) is 5.91 Å². The third kappa shape index (κ3) is 4.17. The number of carbonyl (C=O) groups is 3. The number of hydrogen-bond donors (Lipinski definition) is 1. The number of methoxy groups -OCH3 is 2. The summed E-state index contributed by atoms with van der Waals surface area (Å²) in [7, 11) is 3.01. The summed E-state index contributed by atoms with van der Waals surface area (Å²) in [5.41, 5.74) is 1.19. The number of amides is 3. The first-order valence-corrected chi connectivity index (χ1v) is 9.16. The van der Waals surface area contributed by atoms with Crippen LogP contribution in [0, 0.1) is 0 Å². The molecule has 28 heavy (non-hydrogen) atoms. The molecule has 0 atom stereocenters. The number of nitrogens with zero attached hydrogens (tertiary/aromatic N) is 1. The van der Waals surface area contributed by atoms with Gasteiger partial charge in [-0.2, -0.15) is 0 Å². The number of benzene rings is 2. The number of imide groups is 1. The van der Waals surface area contributed by atoms with Gasteiger partial charge >= 0.3 is 0 Å². The van der Waals surface area contributed by atoms with Gasteiger partial charge in [-0.15, -0.1) is 0 Å². The highest BCUT2D eigenvalue weighted by molar-refractivity contribution is 8.18. The van der Waals surface area contributed by atoms with E-state index in [1.165, 1.54) is 14.2 Å². The molecule has 0 aliphatic carbocycles. The van der Waals surface area contributed by atoms with Gasteiger partial charge < -0.3 is 14.8 Å². The molecule has 1 aliphatic heterocycles. The van der Waals surface area contributed by atoms with Gasteiger partial charge in [-0.1, -0.05) is 30.3 Å². The van der Waals surface area contributed by atoms with E-state index < -0.39 is 17.1 Å². The summed E-state index contributed by atoms with van der Waals surface area (Å²) in [6.07, 6.45) is 1.56. The van der Waals surface area contributed by atoms with Crippen LogP contribution in [0.4, 0.5) is 10.5 Å². The number of ether oxygens (including phenoxy) is 2. The van der Waals surface area contributed by atoms with Gasteiger partial charge in [-0.25, -0.2) is 0 Å².